The van der Waals surface area contributed by atoms with Crippen LogP contribution in [0.1, 0.15) is 80.1 Å². The molecule has 1 heterocycles. The summed E-state index contributed by atoms with van der Waals surface area (Å²) in [5, 5.41) is 0.111. The number of fused-ring (bicyclic) bond motifs is 1. The number of rotatable bonds is 7. The molecule has 5 nitrogen and oxygen atoms in total. The average molecular weight is 491 g/mol. The molecule has 0 bridgehead atoms. The van der Waals surface area contributed by atoms with Gasteiger partial charge < -0.3 is 13.9 Å². The smallest absolute Gasteiger partial charge is 0.308 e. The lowest BCUT2D eigenvalue weighted by Crippen LogP contribution is -2.47. The van der Waals surface area contributed by atoms with E-state index in [0.717, 1.165) is 25.7 Å². The zero-order chi connectivity index (χ0) is 25.3. The van der Waals surface area contributed by atoms with Crippen molar-refractivity contribution < 1.29 is 23.5 Å². The van der Waals surface area contributed by atoms with E-state index in [1.54, 1.807) is 0 Å². The molecule has 1 saturated heterocycles. The second-order valence-electron chi connectivity index (χ2n) is 12.3. The maximum absolute atomic E-state index is 12.4. The fourth-order valence-corrected chi connectivity index (χ4v) is 6.92. The third kappa shape index (κ3) is 6.42. The molecule has 34 heavy (non-hydrogen) atoms. The van der Waals surface area contributed by atoms with Gasteiger partial charge in [0.05, 0.1) is 12.5 Å². The van der Waals surface area contributed by atoms with E-state index in [9.17, 15) is 9.59 Å². The van der Waals surface area contributed by atoms with Crippen molar-refractivity contribution in [1.82, 2.24) is 0 Å². The van der Waals surface area contributed by atoms with Crippen molar-refractivity contribution in [2.75, 3.05) is 0 Å². The zero-order valence-electron chi connectivity index (χ0n) is 22.6. The summed E-state index contributed by atoms with van der Waals surface area (Å²) in [5.74, 6) is 1.10. The van der Waals surface area contributed by atoms with Crippen LogP contribution < -0.4 is 0 Å². The first kappa shape index (κ1) is 27.2. The van der Waals surface area contributed by atoms with Gasteiger partial charge in [-0.2, -0.15) is 0 Å². The molecule has 7 atom stereocenters. The third-order valence-corrected chi connectivity index (χ3v) is 13.0. The van der Waals surface area contributed by atoms with Gasteiger partial charge in [0.2, 0.25) is 0 Å². The standard InChI is InChI=1S/C28H46O5Si/c1-9-25(29)32-24-15-18(2)14-20-11-10-19(3)23(27(20)24)13-12-21-16-22(17-26(30)31-21)33-34(7,8)28(4,5)6/h10-11,14,18-19,21-24,27H,9,12-13,15-17H2,1-8H3/t18-,19-,21+,22+,23-,24-,27-/m0/s1. The monoisotopic (exact) mass is 490 g/mol. The van der Waals surface area contributed by atoms with Gasteiger partial charge in [-0.1, -0.05) is 59.8 Å². The lowest BCUT2D eigenvalue weighted by Gasteiger charge is -2.44. The van der Waals surface area contributed by atoms with Gasteiger partial charge in [0.1, 0.15) is 12.2 Å². The second kappa shape index (κ2) is 10.7. The lowest BCUT2D eigenvalue weighted by atomic mass is 9.65. The topological polar surface area (TPSA) is 61.8 Å². The number of allylic oxidation sites excluding steroid dienone is 3. The summed E-state index contributed by atoms with van der Waals surface area (Å²) < 4.78 is 18.3. The number of carbonyl (C=O) groups is 2. The van der Waals surface area contributed by atoms with Crippen molar-refractivity contribution in [2.45, 2.75) is 117 Å². The maximum Gasteiger partial charge on any atom is 0.308 e. The minimum Gasteiger partial charge on any atom is -0.462 e. The van der Waals surface area contributed by atoms with Crippen LogP contribution in [0.2, 0.25) is 18.1 Å². The largest absolute Gasteiger partial charge is 0.462 e. The first-order valence-corrected chi connectivity index (χ1v) is 16.2. The van der Waals surface area contributed by atoms with Gasteiger partial charge in [0.25, 0.3) is 0 Å². The Morgan fingerprint density at radius 3 is 2.53 bits per heavy atom. The molecule has 0 N–H and O–H groups in total. The first-order valence-electron chi connectivity index (χ1n) is 13.3. The number of esters is 2. The van der Waals surface area contributed by atoms with Crippen LogP contribution in [0, 0.1) is 23.7 Å². The van der Waals surface area contributed by atoms with Crippen LogP contribution in [-0.2, 0) is 23.5 Å². The van der Waals surface area contributed by atoms with E-state index in [1.165, 1.54) is 5.57 Å². The molecule has 0 aromatic carbocycles. The van der Waals surface area contributed by atoms with E-state index in [4.69, 9.17) is 13.9 Å². The van der Waals surface area contributed by atoms with Crippen molar-refractivity contribution in [3.63, 3.8) is 0 Å². The number of hydrogen-bond acceptors (Lipinski definition) is 5. The highest BCUT2D eigenvalue weighted by Crippen LogP contribution is 2.45. The van der Waals surface area contributed by atoms with E-state index >= 15 is 0 Å². The Morgan fingerprint density at radius 2 is 1.88 bits per heavy atom. The first-order chi connectivity index (χ1) is 15.8. The van der Waals surface area contributed by atoms with Crippen molar-refractivity contribution in [3.8, 4) is 0 Å². The zero-order valence-corrected chi connectivity index (χ0v) is 23.6. The Labute approximate surface area is 207 Å². The fourth-order valence-electron chi connectivity index (χ4n) is 5.56. The SMILES string of the molecule is CCC(=O)O[C@H]1C[C@@H](C)C=C2C=C[C@H](C)[C@H](CC[C@@H]3C[C@@H](O[Si](C)(C)C(C)(C)C)CC(=O)O3)[C@H]21. The Balaban J connectivity index is 1.70. The minimum absolute atomic E-state index is 0.0555. The second-order valence-corrected chi connectivity index (χ2v) is 17.1. The Morgan fingerprint density at radius 1 is 1.18 bits per heavy atom. The molecule has 0 aromatic heterocycles. The third-order valence-electron chi connectivity index (χ3n) is 8.47. The average Bonchev–Trinajstić information content (AvgIpc) is 2.71. The maximum atomic E-state index is 12.4. The fraction of sp³-hybridized carbons (Fsp3) is 0.786. The molecule has 6 heteroatoms. The number of ether oxygens (including phenoxy) is 2. The van der Waals surface area contributed by atoms with Crippen LogP contribution in [0.25, 0.3) is 0 Å². The predicted molar refractivity (Wildman–Crippen MR) is 138 cm³/mol. The van der Waals surface area contributed by atoms with Crippen LogP contribution in [0.3, 0.4) is 0 Å². The molecule has 0 aromatic rings. The highest BCUT2D eigenvalue weighted by atomic mass is 28.4. The van der Waals surface area contributed by atoms with Gasteiger partial charge >= 0.3 is 11.9 Å². The Bertz CT molecular complexity index is 808. The Hall–Kier alpha value is -1.40. The lowest BCUT2D eigenvalue weighted by molar-refractivity contribution is -0.161. The molecule has 3 rings (SSSR count). The number of hydrogen-bond donors (Lipinski definition) is 0. The minimum atomic E-state index is -1.95. The summed E-state index contributed by atoms with van der Waals surface area (Å²) in [6, 6.07) is 0. The van der Waals surface area contributed by atoms with Gasteiger partial charge in [-0.15, -0.1) is 0 Å². The Kier molecular flexibility index (Phi) is 8.55. The summed E-state index contributed by atoms with van der Waals surface area (Å²) in [4.78, 5) is 24.6. The molecule has 1 fully saturated rings. The van der Waals surface area contributed by atoms with E-state index in [-0.39, 0.29) is 41.2 Å². The molecule has 0 radical (unpaired) electrons. The molecule has 0 amide bonds. The van der Waals surface area contributed by atoms with E-state index in [1.807, 2.05) is 6.92 Å². The molecule has 192 valence electrons. The molecule has 0 saturated carbocycles. The molecular formula is C28H46O5Si. The van der Waals surface area contributed by atoms with E-state index in [2.05, 4.69) is 65.9 Å². The number of carbonyl (C=O) groups excluding carboxylic acids is 2. The highest BCUT2D eigenvalue weighted by Gasteiger charge is 2.43. The normalized spacial score (nSPS) is 34.2. The highest BCUT2D eigenvalue weighted by molar-refractivity contribution is 6.74. The van der Waals surface area contributed by atoms with Gasteiger partial charge in [0.15, 0.2) is 8.32 Å². The van der Waals surface area contributed by atoms with Crippen molar-refractivity contribution in [2.24, 2.45) is 23.7 Å². The van der Waals surface area contributed by atoms with Crippen LogP contribution in [0.4, 0.5) is 0 Å². The quantitative estimate of drug-likeness (QED) is 0.298. The molecule has 3 aliphatic rings. The van der Waals surface area contributed by atoms with Gasteiger partial charge in [-0.25, -0.2) is 0 Å². The van der Waals surface area contributed by atoms with Crippen LogP contribution in [0.5, 0.6) is 0 Å². The van der Waals surface area contributed by atoms with Crippen molar-refractivity contribution in [3.05, 3.63) is 23.8 Å². The summed E-state index contributed by atoms with van der Waals surface area (Å²) >= 11 is 0. The van der Waals surface area contributed by atoms with E-state index < -0.39 is 8.32 Å². The molecule has 0 unspecified atom stereocenters. The number of cyclic esters (lactones) is 1. The molecule has 1 aliphatic heterocycles. The summed E-state index contributed by atoms with van der Waals surface area (Å²) in [5.41, 5.74) is 1.30. The van der Waals surface area contributed by atoms with Gasteiger partial charge in [0, 0.05) is 18.8 Å². The van der Waals surface area contributed by atoms with Gasteiger partial charge in [-0.05, 0) is 60.7 Å². The predicted octanol–water partition coefficient (Wildman–Crippen LogP) is 6.59. The summed E-state index contributed by atoms with van der Waals surface area (Å²) in [6.07, 6.45) is 10.8. The van der Waals surface area contributed by atoms with Crippen LogP contribution in [-0.4, -0.2) is 38.6 Å². The summed E-state index contributed by atoms with van der Waals surface area (Å²) in [7, 11) is -1.95. The molecule has 0 spiro atoms. The van der Waals surface area contributed by atoms with Crippen LogP contribution in [0.15, 0.2) is 23.8 Å². The van der Waals surface area contributed by atoms with Crippen LogP contribution >= 0.6 is 0 Å². The summed E-state index contributed by atoms with van der Waals surface area (Å²) in [6.45, 7) is 17.5. The van der Waals surface area contributed by atoms with Crippen molar-refractivity contribution in [1.29, 1.82) is 0 Å². The van der Waals surface area contributed by atoms with Gasteiger partial charge in [-0.3, -0.25) is 9.59 Å². The van der Waals surface area contributed by atoms with E-state index in [0.29, 0.717) is 30.6 Å². The molecular weight excluding hydrogens is 444 g/mol. The molecule has 2 aliphatic carbocycles. The van der Waals surface area contributed by atoms with Crippen molar-refractivity contribution >= 4 is 20.3 Å².